The Morgan fingerprint density at radius 3 is 2.58 bits per heavy atom. The molecule has 0 aromatic heterocycles. The molecular weight excluding hydrogens is 260 g/mol. The van der Waals surface area contributed by atoms with Crippen LogP contribution in [0.4, 0.5) is 0 Å². The van der Waals surface area contributed by atoms with Gasteiger partial charge in [-0.15, -0.1) is 0 Å². The number of aliphatic hydroxyl groups excluding tert-OH is 1. The number of hydrogen-bond donors (Lipinski definition) is 1. The minimum Gasteiger partial charge on any atom is -0.489 e. The molecule has 0 unspecified atom stereocenters. The molecule has 0 fully saturated rings. The fraction of sp³-hybridized carbons (Fsp3) is 0.250. The van der Waals surface area contributed by atoms with Crippen LogP contribution in [0.5, 0.6) is 5.75 Å². The minimum atomic E-state index is -0.462. The van der Waals surface area contributed by atoms with Crippen LogP contribution in [-0.2, 0) is 6.61 Å². The molecule has 0 heterocycles. The van der Waals surface area contributed by atoms with Gasteiger partial charge in [0, 0.05) is 10.6 Å². The van der Waals surface area contributed by atoms with Crippen molar-refractivity contribution in [2.45, 2.75) is 26.6 Å². The molecule has 2 rings (SSSR count). The highest BCUT2D eigenvalue weighted by Gasteiger charge is 2.06. The number of halogens is 1. The molecule has 0 amide bonds. The molecule has 0 aliphatic rings. The van der Waals surface area contributed by atoms with E-state index in [0.717, 1.165) is 22.4 Å². The summed E-state index contributed by atoms with van der Waals surface area (Å²) in [7, 11) is 0. The number of rotatable bonds is 4. The summed E-state index contributed by atoms with van der Waals surface area (Å²) in [5.41, 5.74) is 2.86. The fourth-order valence-electron chi connectivity index (χ4n) is 1.87. The molecule has 0 spiro atoms. The molecule has 0 aliphatic heterocycles. The monoisotopic (exact) mass is 276 g/mol. The Balaban J connectivity index is 2.10. The molecule has 0 saturated heterocycles. The first-order chi connectivity index (χ1) is 9.08. The van der Waals surface area contributed by atoms with Gasteiger partial charge in [-0.05, 0) is 43.2 Å². The quantitative estimate of drug-likeness (QED) is 0.903. The lowest BCUT2D eigenvalue weighted by Crippen LogP contribution is -1.99. The molecule has 0 bridgehead atoms. The lowest BCUT2D eigenvalue weighted by atomic mass is 10.1. The summed E-state index contributed by atoms with van der Waals surface area (Å²) in [6, 6.07) is 13.3. The van der Waals surface area contributed by atoms with Gasteiger partial charge >= 0.3 is 0 Å². The molecule has 0 radical (unpaired) electrons. The zero-order valence-electron chi connectivity index (χ0n) is 11.1. The predicted molar refractivity (Wildman–Crippen MR) is 77.6 cm³/mol. The zero-order chi connectivity index (χ0) is 13.8. The van der Waals surface area contributed by atoms with Gasteiger partial charge < -0.3 is 9.84 Å². The molecule has 2 nitrogen and oxygen atoms in total. The molecule has 2 aromatic rings. The number of benzene rings is 2. The van der Waals surface area contributed by atoms with Crippen molar-refractivity contribution >= 4 is 11.6 Å². The van der Waals surface area contributed by atoms with Crippen molar-refractivity contribution in [3.8, 4) is 5.75 Å². The molecule has 1 N–H and O–H groups in total. The summed E-state index contributed by atoms with van der Waals surface area (Å²) >= 11 is 6.08. The molecule has 100 valence electrons. The largest absolute Gasteiger partial charge is 0.489 e. The third-order valence-corrected chi connectivity index (χ3v) is 3.39. The minimum absolute atomic E-state index is 0.439. The van der Waals surface area contributed by atoms with Crippen LogP contribution in [-0.4, -0.2) is 5.11 Å². The first kappa shape index (κ1) is 13.9. The molecule has 0 saturated carbocycles. The summed E-state index contributed by atoms with van der Waals surface area (Å²) in [4.78, 5) is 0. The van der Waals surface area contributed by atoms with E-state index in [1.807, 2.05) is 49.4 Å². The highest BCUT2D eigenvalue weighted by atomic mass is 35.5. The first-order valence-corrected chi connectivity index (χ1v) is 6.60. The highest BCUT2D eigenvalue weighted by Crippen LogP contribution is 2.24. The van der Waals surface area contributed by atoms with E-state index in [-0.39, 0.29) is 0 Å². The summed E-state index contributed by atoms with van der Waals surface area (Å²) in [6.07, 6.45) is -0.462. The molecule has 1 atom stereocenters. The number of hydrogen-bond acceptors (Lipinski definition) is 2. The Morgan fingerprint density at radius 1 is 1.21 bits per heavy atom. The van der Waals surface area contributed by atoms with Gasteiger partial charge in [-0.1, -0.05) is 35.9 Å². The van der Waals surface area contributed by atoms with Gasteiger partial charge in [0.1, 0.15) is 12.4 Å². The third kappa shape index (κ3) is 3.49. The normalized spacial score (nSPS) is 12.2. The Labute approximate surface area is 118 Å². The number of ether oxygens (including phenoxy) is 1. The molecule has 3 heteroatoms. The predicted octanol–water partition coefficient (Wildman–Crippen LogP) is 4.28. The van der Waals surface area contributed by atoms with Gasteiger partial charge in [-0.2, -0.15) is 0 Å². The van der Waals surface area contributed by atoms with Crippen molar-refractivity contribution in [1.29, 1.82) is 0 Å². The molecule has 0 aliphatic carbocycles. The van der Waals surface area contributed by atoms with Crippen molar-refractivity contribution in [3.63, 3.8) is 0 Å². The maximum absolute atomic E-state index is 9.53. The Bertz CT molecular complexity index is 564. The van der Waals surface area contributed by atoms with Crippen LogP contribution in [0.3, 0.4) is 0 Å². The zero-order valence-corrected chi connectivity index (χ0v) is 11.8. The average Bonchev–Trinajstić information content (AvgIpc) is 2.39. The number of aryl methyl sites for hydroxylation is 1. The van der Waals surface area contributed by atoms with Crippen molar-refractivity contribution in [1.82, 2.24) is 0 Å². The number of aliphatic hydroxyl groups is 1. The van der Waals surface area contributed by atoms with E-state index in [0.29, 0.717) is 11.6 Å². The maximum atomic E-state index is 9.53. The summed E-state index contributed by atoms with van der Waals surface area (Å²) in [5, 5.41) is 10.2. The topological polar surface area (TPSA) is 29.5 Å². The highest BCUT2D eigenvalue weighted by molar-refractivity contribution is 6.31. The Morgan fingerprint density at radius 2 is 1.95 bits per heavy atom. The van der Waals surface area contributed by atoms with Crippen LogP contribution in [0.1, 0.15) is 29.7 Å². The van der Waals surface area contributed by atoms with E-state index in [1.165, 1.54) is 0 Å². The maximum Gasteiger partial charge on any atom is 0.122 e. The van der Waals surface area contributed by atoms with Gasteiger partial charge in [0.05, 0.1) is 6.10 Å². The van der Waals surface area contributed by atoms with E-state index in [2.05, 4.69) is 0 Å². The van der Waals surface area contributed by atoms with Gasteiger partial charge in [0.15, 0.2) is 0 Å². The molecule has 19 heavy (non-hydrogen) atoms. The summed E-state index contributed by atoms with van der Waals surface area (Å²) < 4.78 is 5.77. The second kappa shape index (κ2) is 6.09. The average molecular weight is 277 g/mol. The van der Waals surface area contributed by atoms with Gasteiger partial charge in [-0.3, -0.25) is 0 Å². The van der Waals surface area contributed by atoms with Crippen LogP contribution in [0, 0.1) is 6.92 Å². The fourth-order valence-corrected chi connectivity index (χ4v) is 2.06. The lowest BCUT2D eigenvalue weighted by Gasteiger charge is -2.12. The van der Waals surface area contributed by atoms with E-state index in [1.54, 1.807) is 6.92 Å². The lowest BCUT2D eigenvalue weighted by molar-refractivity contribution is 0.199. The Hall–Kier alpha value is -1.51. The molecular formula is C16H17ClO2. The van der Waals surface area contributed by atoms with Gasteiger partial charge in [0.25, 0.3) is 0 Å². The summed E-state index contributed by atoms with van der Waals surface area (Å²) in [6.45, 7) is 4.15. The standard InChI is InChI=1S/C16H17ClO2/c1-11-9-13(12(2)18)7-8-16(11)19-10-14-5-3-4-6-15(14)17/h3-9,12,18H,10H2,1-2H3/t12-/m1/s1. The second-order valence-electron chi connectivity index (χ2n) is 4.58. The van der Waals surface area contributed by atoms with Gasteiger partial charge in [0.2, 0.25) is 0 Å². The van der Waals surface area contributed by atoms with Crippen molar-refractivity contribution in [3.05, 3.63) is 64.2 Å². The van der Waals surface area contributed by atoms with Gasteiger partial charge in [-0.25, -0.2) is 0 Å². The van der Waals surface area contributed by atoms with Crippen LogP contribution in [0.25, 0.3) is 0 Å². The van der Waals surface area contributed by atoms with Crippen LogP contribution >= 0.6 is 11.6 Å². The van der Waals surface area contributed by atoms with E-state index >= 15 is 0 Å². The van der Waals surface area contributed by atoms with Crippen molar-refractivity contribution < 1.29 is 9.84 Å². The Kier molecular flexibility index (Phi) is 4.46. The van der Waals surface area contributed by atoms with E-state index < -0.39 is 6.10 Å². The third-order valence-electron chi connectivity index (χ3n) is 3.02. The summed E-state index contributed by atoms with van der Waals surface area (Å²) in [5.74, 6) is 0.810. The van der Waals surface area contributed by atoms with Crippen LogP contribution in [0.2, 0.25) is 5.02 Å². The van der Waals surface area contributed by atoms with Crippen LogP contribution in [0.15, 0.2) is 42.5 Å². The smallest absolute Gasteiger partial charge is 0.122 e. The molecule has 2 aromatic carbocycles. The van der Waals surface area contributed by atoms with E-state index in [4.69, 9.17) is 16.3 Å². The van der Waals surface area contributed by atoms with Crippen molar-refractivity contribution in [2.75, 3.05) is 0 Å². The van der Waals surface area contributed by atoms with Crippen LogP contribution < -0.4 is 4.74 Å². The van der Waals surface area contributed by atoms with E-state index in [9.17, 15) is 5.11 Å². The first-order valence-electron chi connectivity index (χ1n) is 6.22. The SMILES string of the molecule is Cc1cc([C@@H](C)O)ccc1OCc1ccccc1Cl. The second-order valence-corrected chi connectivity index (χ2v) is 4.99. The van der Waals surface area contributed by atoms with Crippen molar-refractivity contribution in [2.24, 2.45) is 0 Å².